The van der Waals surface area contributed by atoms with Crippen molar-refractivity contribution in [2.45, 2.75) is 19.3 Å². The van der Waals surface area contributed by atoms with Gasteiger partial charge in [-0.2, -0.15) is 0 Å². The van der Waals surface area contributed by atoms with E-state index in [4.69, 9.17) is 4.74 Å². The van der Waals surface area contributed by atoms with Crippen LogP contribution in [0.4, 0.5) is 10.1 Å². The number of aryl methyl sites for hydroxylation is 1. The average molecular weight is 382 g/mol. The fraction of sp³-hybridized carbons (Fsp3) is 0.348. The van der Waals surface area contributed by atoms with Gasteiger partial charge in [-0.3, -0.25) is 9.69 Å². The molecule has 1 aliphatic heterocycles. The van der Waals surface area contributed by atoms with Crippen LogP contribution in [0.15, 0.2) is 55.1 Å². The Balaban J connectivity index is 1.75. The molecule has 148 valence electrons. The minimum absolute atomic E-state index is 0.00256. The van der Waals surface area contributed by atoms with E-state index in [0.29, 0.717) is 12.1 Å². The molecule has 2 atom stereocenters. The van der Waals surface area contributed by atoms with Crippen molar-refractivity contribution in [3.05, 3.63) is 72.1 Å². The lowest BCUT2D eigenvalue weighted by Crippen LogP contribution is -2.44. The molecular formula is C23H27FN2O2. The van der Waals surface area contributed by atoms with Gasteiger partial charge in [0.25, 0.3) is 0 Å². The SMILES string of the molecule is C=CCN1CC(C(=O)Nc2ccc(OC)cc2)CC(c2ccc(F)c(C)c2)C1. The molecule has 0 radical (unpaired) electrons. The Hall–Kier alpha value is -2.66. The van der Waals surface area contributed by atoms with E-state index in [0.717, 1.165) is 36.5 Å². The minimum atomic E-state index is -0.198. The van der Waals surface area contributed by atoms with Gasteiger partial charge in [-0.05, 0) is 60.7 Å². The van der Waals surface area contributed by atoms with Crippen LogP contribution < -0.4 is 10.1 Å². The molecule has 3 rings (SSSR count). The number of piperidine rings is 1. The number of carbonyl (C=O) groups is 1. The van der Waals surface area contributed by atoms with E-state index in [1.165, 1.54) is 6.07 Å². The number of ether oxygens (including phenoxy) is 1. The molecule has 0 aliphatic carbocycles. The normalized spacial score (nSPS) is 19.8. The summed E-state index contributed by atoms with van der Waals surface area (Å²) in [5, 5.41) is 3.01. The zero-order valence-electron chi connectivity index (χ0n) is 16.5. The van der Waals surface area contributed by atoms with Gasteiger partial charge in [0.05, 0.1) is 13.0 Å². The number of anilines is 1. The number of benzene rings is 2. The van der Waals surface area contributed by atoms with Crippen molar-refractivity contribution in [2.75, 3.05) is 32.1 Å². The van der Waals surface area contributed by atoms with Crippen molar-refractivity contribution in [2.24, 2.45) is 5.92 Å². The summed E-state index contributed by atoms with van der Waals surface area (Å²) in [7, 11) is 1.61. The third-order valence-electron chi connectivity index (χ3n) is 5.30. The zero-order chi connectivity index (χ0) is 20.1. The van der Waals surface area contributed by atoms with Gasteiger partial charge < -0.3 is 10.1 Å². The van der Waals surface area contributed by atoms with E-state index < -0.39 is 0 Å². The number of carbonyl (C=O) groups excluding carboxylic acids is 1. The van der Waals surface area contributed by atoms with Gasteiger partial charge in [-0.15, -0.1) is 6.58 Å². The van der Waals surface area contributed by atoms with Crippen molar-refractivity contribution in [1.29, 1.82) is 0 Å². The topological polar surface area (TPSA) is 41.6 Å². The van der Waals surface area contributed by atoms with Gasteiger partial charge in [0.15, 0.2) is 0 Å². The zero-order valence-corrected chi connectivity index (χ0v) is 16.5. The number of hydrogen-bond donors (Lipinski definition) is 1. The highest BCUT2D eigenvalue weighted by Crippen LogP contribution is 2.32. The quantitative estimate of drug-likeness (QED) is 0.754. The summed E-state index contributed by atoms with van der Waals surface area (Å²) in [4.78, 5) is 15.1. The molecule has 1 amide bonds. The summed E-state index contributed by atoms with van der Waals surface area (Å²) in [5.41, 5.74) is 2.47. The molecule has 1 heterocycles. The number of nitrogens with zero attached hydrogens (tertiary/aromatic N) is 1. The molecule has 1 fully saturated rings. The molecule has 0 spiro atoms. The Labute approximate surface area is 166 Å². The molecule has 2 aromatic carbocycles. The van der Waals surface area contributed by atoms with Crippen LogP contribution in [0, 0.1) is 18.7 Å². The van der Waals surface area contributed by atoms with Crippen molar-refractivity contribution in [3.63, 3.8) is 0 Å². The summed E-state index contributed by atoms with van der Waals surface area (Å²) >= 11 is 0. The Bertz CT molecular complexity index is 835. The number of halogens is 1. The first-order valence-corrected chi connectivity index (χ1v) is 9.54. The van der Waals surface area contributed by atoms with Crippen LogP contribution in [0.2, 0.25) is 0 Å². The molecule has 1 aliphatic rings. The molecule has 2 unspecified atom stereocenters. The third-order valence-corrected chi connectivity index (χ3v) is 5.30. The van der Waals surface area contributed by atoms with E-state index >= 15 is 0 Å². The molecule has 0 saturated carbocycles. The molecule has 0 bridgehead atoms. The van der Waals surface area contributed by atoms with E-state index in [1.807, 2.05) is 42.5 Å². The number of hydrogen-bond acceptors (Lipinski definition) is 3. The Morgan fingerprint density at radius 1 is 1.29 bits per heavy atom. The van der Waals surface area contributed by atoms with Gasteiger partial charge in [0, 0.05) is 25.3 Å². The minimum Gasteiger partial charge on any atom is -0.497 e. The van der Waals surface area contributed by atoms with Crippen molar-refractivity contribution < 1.29 is 13.9 Å². The van der Waals surface area contributed by atoms with Crippen LogP contribution in [-0.2, 0) is 4.79 Å². The maximum absolute atomic E-state index is 13.7. The maximum Gasteiger partial charge on any atom is 0.228 e. The van der Waals surface area contributed by atoms with Crippen molar-refractivity contribution >= 4 is 11.6 Å². The lowest BCUT2D eigenvalue weighted by molar-refractivity contribution is -0.121. The largest absolute Gasteiger partial charge is 0.497 e. The first-order chi connectivity index (χ1) is 13.5. The van der Waals surface area contributed by atoms with Gasteiger partial charge in [-0.25, -0.2) is 4.39 Å². The Morgan fingerprint density at radius 3 is 2.68 bits per heavy atom. The van der Waals surface area contributed by atoms with Crippen LogP contribution in [0.5, 0.6) is 5.75 Å². The number of amides is 1. The van der Waals surface area contributed by atoms with E-state index in [9.17, 15) is 9.18 Å². The molecule has 0 aromatic heterocycles. The predicted octanol–water partition coefficient (Wildman–Crippen LogP) is 4.37. The van der Waals surface area contributed by atoms with Crippen LogP contribution in [0.1, 0.15) is 23.5 Å². The number of nitrogens with one attached hydrogen (secondary N) is 1. The second-order valence-corrected chi connectivity index (χ2v) is 7.36. The molecular weight excluding hydrogens is 355 g/mol. The second-order valence-electron chi connectivity index (χ2n) is 7.36. The van der Waals surface area contributed by atoms with Crippen LogP contribution in [-0.4, -0.2) is 37.6 Å². The fourth-order valence-corrected chi connectivity index (χ4v) is 3.79. The van der Waals surface area contributed by atoms with E-state index in [1.54, 1.807) is 14.0 Å². The van der Waals surface area contributed by atoms with Crippen molar-refractivity contribution in [3.8, 4) is 5.75 Å². The number of rotatable bonds is 6. The van der Waals surface area contributed by atoms with Gasteiger partial charge in [-0.1, -0.05) is 18.2 Å². The van der Waals surface area contributed by atoms with Gasteiger partial charge in [0.2, 0.25) is 5.91 Å². The highest BCUT2D eigenvalue weighted by atomic mass is 19.1. The van der Waals surface area contributed by atoms with E-state index in [2.05, 4.69) is 16.8 Å². The van der Waals surface area contributed by atoms with Gasteiger partial charge >= 0.3 is 0 Å². The standard InChI is InChI=1S/C23H27FN2O2/c1-4-11-26-14-18(17-5-10-22(24)16(2)12-17)13-19(15-26)23(27)25-20-6-8-21(28-3)9-7-20/h4-10,12,18-19H,1,11,13-15H2,2-3H3,(H,25,27). The van der Waals surface area contributed by atoms with Gasteiger partial charge in [0.1, 0.15) is 11.6 Å². The summed E-state index contributed by atoms with van der Waals surface area (Å²) < 4.78 is 18.8. The van der Waals surface area contributed by atoms with Crippen molar-refractivity contribution in [1.82, 2.24) is 4.90 Å². The van der Waals surface area contributed by atoms with Crippen LogP contribution in [0.3, 0.4) is 0 Å². The lowest BCUT2D eigenvalue weighted by Gasteiger charge is -2.37. The van der Waals surface area contributed by atoms with Crippen LogP contribution >= 0.6 is 0 Å². The smallest absolute Gasteiger partial charge is 0.228 e. The van der Waals surface area contributed by atoms with Crippen LogP contribution in [0.25, 0.3) is 0 Å². The molecule has 5 heteroatoms. The first kappa shape index (κ1) is 20.1. The summed E-state index contributed by atoms with van der Waals surface area (Å²) in [6, 6.07) is 12.6. The predicted molar refractivity (Wildman–Crippen MR) is 110 cm³/mol. The second kappa shape index (κ2) is 9.02. The first-order valence-electron chi connectivity index (χ1n) is 9.54. The molecule has 2 aromatic rings. The monoisotopic (exact) mass is 382 g/mol. The molecule has 1 saturated heterocycles. The summed E-state index contributed by atoms with van der Waals surface area (Å²) in [6.07, 6.45) is 2.59. The summed E-state index contributed by atoms with van der Waals surface area (Å²) in [6.45, 7) is 7.85. The lowest BCUT2D eigenvalue weighted by atomic mass is 9.83. The summed E-state index contributed by atoms with van der Waals surface area (Å²) in [5.74, 6) is 0.587. The molecule has 28 heavy (non-hydrogen) atoms. The number of methoxy groups -OCH3 is 1. The Kier molecular flexibility index (Phi) is 6.47. The Morgan fingerprint density at radius 2 is 2.04 bits per heavy atom. The molecule has 1 N–H and O–H groups in total. The molecule has 4 nitrogen and oxygen atoms in total. The fourth-order valence-electron chi connectivity index (χ4n) is 3.79. The highest BCUT2D eigenvalue weighted by molar-refractivity contribution is 5.92. The highest BCUT2D eigenvalue weighted by Gasteiger charge is 2.32. The number of likely N-dealkylation sites (tertiary alicyclic amines) is 1. The third kappa shape index (κ3) is 4.78. The van der Waals surface area contributed by atoms with E-state index in [-0.39, 0.29) is 23.6 Å². The average Bonchev–Trinajstić information content (AvgIpc) is 2.70. The maximum atomic E-state index is 13.7.